The molecule has 1 aliphatic rings. The summed E-state index contributed by atoms with van der Waals surface area (Å²) in [6.07, 6.45) is 2.18. The molecule has 2 heterocycles. The topological polar surface area (TPSA) is 65.2 Å². The molecule has 2 amide bonds. The van der Waals surface area contributed by atoms with Crippen molar-refractivity contribution in [1.82, 2.24) is 9.88 Å². The van der Waals surface area contributed by atoms with Gasteiger partial charge in [0, 0.05) is 47.4 Å². The van der Waals surface area contributed by atoms with Gasteiger partial charge in [0.25, 0.3) is 0 Å². The maximum atomic E-state index is 13.0. The highest BCUT2D eigenvalue weighted by Gasteiger charge is 2.30. The van der Waals surface area contributed by atoms with E-state index in [0.717, 1.165) is 47.2 Å². The number of amides is 2. The maximum absolute atomic E-state index is 13.0. The van der Waals surface area contributed by atoms with Crippen LogP contribution >= 0.6 is 0 Å². The molecule has 0 bridgehead atoms. The van der Waals surface area contributed by atoms with Crippen LogP contribution < -0.4 is 5.32 Å². The summed E-state index contributed by atoms with van der Waals surface area (Å²) in [5.41, 5.74) is 3.87. The number of rotatable bonds is 4. The van der Waals surface area contributed by atoms with E-state index in [0.29, 0.717) is 13.0 Å². The number of nitrogens with zero attached hydrogens (tertiary/aromatic N) is 1. The molecule has 4 rings (SSSR count). The van der Waals surface area contributed by atoms with Crippen molar-refractivity contribution in [3.63, 3.8) is 0 Å². The highest BCUT2D eigenvalue weighted by atomic mass is 16.2. The Morgan fingerprint density at radius 2 is 1.90 bits per heavy atom. The molecular weight excluding hydrogens is 386 g/mol. The largest absolute Gasteiger partial charge is 0.355 e. The van der Waals surface area contributed by atoms with Crippen molar-refractivity contribution in [3.05, 3.63) is 54.6 Å². The van der Waals surface area contributed by atoms with E-state index in [1.54, 1.807) is 0 Å². The number of carbonyl (C=O) groups is 2. The number of aromatic amines is 1. The number of anilines is 1. The van der Waals surface area contributed by atoms with E-state index in [-0.39, 0.29) is 23.1 Å². The van der Waals surface area contributed by atoms with Gasteiger partial charge in [-0.05, 0) is 42.5 Å². The van der Waals surface area contributed by atoms with Gasteiger partial charge in [-0.2, -0.15) is 0 Å². The highest BCUT2D eigenvalue weighted by molar-refractivity contribution is 5.94. The summed E-state index contributed by atoms with van der Waals surface area (Å²) in [6.45, 7) is 7.45. The Labute approximate surface area is 183 Å². The minimum atomic E-state index is -0.172. The molecule has 1 aromatic heterocycles. The highest BCUT2D eigenvalue weighted by Crippen LogP contribution is 2.27. The van der Waals surface area contributed by atoms with E-state index in [9.17, 15) is 9.59 Å². The Hall–Kier alpha value is -3.08. The van der Waals surface area contributed by atoms with Gasteiger partial charge in [0.15, 0.2) is 0 Å². The van der Waals surface area contributed by atoms with Crippen LogP contribution in [0.4, 0.5) is 5.69 Å². The lowest BCUT2D eigenvalue weighted by atomic mass is 9.90. The van der Waals surface area contributed by atoms with Crippen LogP contribution in [0.5, 0.6) is 0 Å². The van der Waals surface area contributed by atoms with E-state index < -0.39 is 0 Å². The maximum Gasteiger partial charge on any atom is 0.229 e. The summed E-state index contributed by atoms with van der Waals surface area (Å²) in [5, 5.41) is 4.23. The van der Waals surface area contributed by atoms with Gasteiger partial charge >= 0.3 is 0 Å². The number of nitrogens with one attached hydrogen (secondary N) is 2. The van der Waals surface area contributed by atoms with Gasteiger partial charge < -0.3 is 15.2 Å². The predicted molar refractivity (Wildman–Crippen MR) is 126 cm³/mol. The summed E-state index contributed by atoms with van der Waals surface area (Å²) in [5.74, 6) is -0.0396. The number of carbonyl (C=O) groups excluding carboxylic acids is 2. The van der Waals surface area contributed by atoms with Gasteiger partial charge in [-0.3, -0.25) is 9.59 Å². The molecule has 1 saturated heterocycles. The van der Waals surface area contributed by atoms with Crippen LogP contribution in [0.25, 0.3) is 22.2 Å². The Morgan fingerprint density at radius 1 is 1.10 bits per heavy atom. The molecule has 2 aromatic carbocycles. The van der Waals surface area contributed by atoms with Crippen LogP contribution in [0.15, 0.2) is 54.6 Å². The van der Waals surface area contributed by atoms with E-state index >= 15 is 0 Å². The first kappa shape index (κ1) is 21.2. The van der Waals surface area contributed by atoms with Crippen molar-refractivity contribution < 1.29 is 9.59 Å². The van der Waals surface area contributed by atoms with Crippen molar-refractivity contribution in [2.24, 2.45) is 11.3 Å². The third-order valence-electron chi connectivity index (χ3n) is 5.80. The zero-order valence-corrected chi connectivity index (χ0v) is 18.6. The standard InChI is InChI=1S/C26H31N3O2/c1-26(2,3)16-24(30)29-13-7-10-20(17-29)25(31)27-21-11-6-9-18(14-21)23-15-19-8-4-5-12-22(19)28-23/h4-6,8-9,11-12,14-15,20,28H,7,10,13,16-17H2,1-3H3,(H,27,31)/t20-/m1/s1. The van der Waals surface area contributed by atoms with Crippen molar-refractivity contribution in [3.8, 4) is 11.3 Å². The van der Waals surface area contributed by atoms with Crippen LogP contribution in [0.3, 0.4) is 0 Å². The van der Waals surface area contributed by atoms with Gasteiger partial charge in [-0.15, -0.1) is 0 Å². The fourth-order valence-electron chi connectivity index (χ4n) is 4.22. The Kier molecular flexibility index (Phi) is 5.86. The van der Waals surface area contributed by atoms with E-state index in [1.165, 1.54) is 0 Å². The SMILES string of the molecule is CC(C)(C)CC(=O)N1CCC[C@@H](C(=O)Nc2cccc(-c3cc4ccccc4[nH]3)c2)C1. The van der Waals surface area contributed by atoms with Gasteiger partial charge in [0.05, 0.1) is 5.92 Å². The monoisotopic (exact) mass is 417 g/mol. The number of hydrogen-bond donors (Lipinski definition) is 2. The molecule has 3 aromatic rings. The van der Waals surface area contributed by atoms with E-state index in [1.807, 2.05) is 41.3 Å². The first-order valence-corrected chi connectivity index (χ1v) is 11.1. The average Bonchev–Trinajstić information content (AvgIpc) is 3.17. The number of para-hydroxylation sites is 1. The summed E-state index contributed by atoms with van der Waals surface area (Å²) in [4.78, 5) is 30.9. The molecule has 0 radical (unpaired) electrons. The molecule has 162 valence electrons. The Bertz CT molecular complexity index is 1060. The molecular formula is C26H31N3O2. The second-order valence-corrected chi connectivity index (χ2v) is 9.76. The van der Waals surface area contributed by atoms with Crippen molar-refractivity contribution in [2.45, 2.75) is 40.0 Å². The number of H-pyrrole nitrogens is 1. The fraction of sp³-hybridized carbons (Fsp3) is 0.385. The van der Waals surface area contributed by atoms with Gasteiger partial charge in [0.2, 0.25) is 11.8 Å². The van der Waals surface area contributed by atoms with Gasteiger partial charge in [-0.25, -0.2) is 0 Å². The summed E-state index contributed by atoms with van der Waals surface area (Å²) in [7, 11) is 0. The van der Waals surface area contributed by atoms with Crippen molar-refractivity contribution in [2.75, 3.05) is 18.4 Å². The lowest BCUT2D eigenvalue weighted by Gasteiger charge is -2.33. The molecule has 0 aliphatic carbocycles. The number of benzene rings is 2. The Balaban J connectivity index is 1.43. The van der Waals surface area contributed by atoms with Crippen molar-refractivity contribution in [1.29, 1.82) is 0 Å². The molecule has 5 nitrogen and oxygen atoms in total. The van der Waals surface area contributed by atoms with Crippen LogP contribution in [-0.4, -0.2) is 34.8 Å². The average molecular weight is 418 g/mol. The molecule has 5 heteroatoms. The van der Waals surface area contributed by atoms with Crippen LogP contribution in [0.1, 0.15) is 40.0 Å². The fourth-order valence-corrected chi connectivity index (χ4v) is 4.22. The second kappa shape index (κ2) is 8.58. The third-order valence-corrected chi connectivity index (χ3v) is 5.80. The minimum Gasteiger partial charge on any atom is -0.355 e. The predicted octanol–water partition coefficient (Wildman–Crippen LogP) is 5.45. The van der Waals surface area contributed by atoms with Crippen LogP contribution in [0.2, 0.25) is 0 Å². The first-order valence-electron chi connectivity index (χ1n) is 11.1. The Morgan fingerprint density at radius 3 is 2.68 bits per heavy atom. The zero-order chi connectivity index (χ0) is 22.0. The number of likely N-dealkylation sites (tertiary alicyclic amines) is 1. The number of piperidine rings is 1. The summed E-state index contributed by atoms with van der Waals surface area (Å²) < 4.78 is 0. The van der Waals surface area contributed by atoms with Gasteiger partial charge in [-0.1, -0.05) is 51.1 Å². The number of hydrogen-bond acceptors (Lipinski definition) is 2. The van der Waals surface area contributed by atoms with E-state index in [4.69, 9.17) is 0 Å². The van der Waals surface area contributed by atoms with Gasteiger partial charge in [0.1, 0.15) is 0 Å². The molecule has 1 fully saturated rings. The smallest absolute Gasteiger partial charge is 0.229 e. The summed E-state index contributed by atoms with van der Waals surface area (Å²) in [6, 6.07) is 18.2. The lowest BCUT2D eigenvalue weighted by molar-refractivity contribution is -0.136. The summed E-state index contributed by atoms with van der Waals surface area (Å²) >= 11 is 0. The second-order valence-electron chi connectivity index (χ2n) is 9.76. The quantitative estimate of drug-likeness (QED) is 0.593. The molecule has 2 N–H and O–H groups in total. The number of aromatic nitrogens is 1. The molecule has 0 unspecified atom stereocenters. The first-order chi connectivity index (χ1) is 14.8. The third kappa shape index (κ3) is 5.16. The molecule has 1 atom stereocenters. The molecule has 0 spiro atoms. The van der Waals surface area contributed by atoms with Crippen molar-refractivity contribution >= 4 is 28.4 Å². The molecule has 1 aliphatic heterocycles. The molecule has 31 heavy (non-hydrogen) atoms. The normalized spacial score (nSPS) is 17.0. The van der Waals surface area contributed by atoms with E-state index in [2.05, 4.69) is 49.3 Å². The van der Waals surface area contributed by atoms with Crippen LogP contribution in [-0.2, 0) is 9.59 Å². The number of fused-ring (bicyclic) bond motifs is 1. The molecule has 0 saturated carbocycles. The van der Waals surface area contributed by atoms with Crippen LogP contribution in [0, 0.1) is 11.3 Å². The minimum absolute atomic E-state index is 0.0120. The zero-order valence-electron chi connectivity index (χ0n) is 18.6. The lowest BCUT2D eigenvalue weighted by Crippen LogP contribution is -2.44.